The Bertz CT molecular complexity index is 90.2. The van der Waals surface area contributed by atoms with Crippen LogP contribution in [0, 0.1) is 0 Å². The van der Waals surface area contributed by atoms with Crippen molar-refractivity contribution in [3.8, 4) is 0 Å². The fourth-order valence-corrected chi connectivity index (χ4v) is 0.576. The zero-order chi connectivity index (χ0) is 5.82. The Labute approximate surface area is 48.4 Å². The normalized spacial score (nSPS) is 18.9. The Balaban J connectivity index is 2.33. The minimum Gasteiger partial charge on any atom is -0.344 e. The van der Waals surface area contributed by atoms with Gasteiger partial charge in [-0.2, -0.15) is 0 Å². The van der Waals surface area contributed by atoms with Gasteiger partial charge in [0.2, 0.25) is 0 Å². The molecule has 0 bridgehead atoms. The fraction of sp³-hybridized carbons (Fsp3) is 0.750. The molecular formula is C4H10N4. The van der Waals surface area contributed by atoms with Crippen LogP contribution in [0.15, 0.2) is 4.99 Å². The second kappa shape index (κ2) is 2.52. The fourth-order valence-electron chi connectivity index (χ4n) is 0.576. The standard InChI is InChI=1S/C4H10N4/c1-5-4-7-2-6-3-8-4/h6H,2-3H2,1H3,(H2,5,7,8). The van der Waals surface area contributed by atoms with Crippen LogP contribution in [0.25, 0.3) is 0 Å². The third kappa shape index (κ3) is 1.10. The molecule has 46 valence electrons. The van der Waals surface area contributed by atoms with Crippen LogP contribution in [-0.4, -0.2) is 26.3 Å². The van der Waals surface area contributed by atoms with E-state index in [1.54, 1.807) is 7.05 Å². The molecule has 0 amide bonds. The summed E-state index contributed by atoms with van der Waals surface area (Å²) in [5.74, 6) is 0.865. The molecule has 0 atom stereocenters. The number of aliphatic imine (C=N–C) groups is 1. The van der Waals surface area contributed by atoms with Gasteiger partial charge < -0.3 is 10.6 Å². The molecular weight excluding hydrogens is 104 g/mol. The van der Waals surface area contributed by atoms with Gasteiger partial charge in [-0.05, 0) is 0 Å². The molecule has 1 aliphatic heterocycles. The number of rotatable bonds is 0. The zero-order valence-electron chi connectivity index (χ0n) is 4.86. The number of hydrogen-bond donors (Lipinski definition) is 3. The SMILES string of the molecule is CN=C1NCNCN1. The summed E-state index contributed by atoms with van der Waals surface area (Å²) in [5, 5.41) is 9.04. The molecule has 0 aromatic carbocycles. The van der Waals surface area contributed by atoms with Gasteiger partial charge in [0.25, 0.3) is 0 Å². The highest BCUT2D eigenvalue weighted by Crippen LogP contribution is 1.67. The molecule has 3 N–H and O–H groups in total. The van der Waals surface area contributed by atoms with E-state index in [9.17, 15) is 0 Å². The largest absolute Gasteiger partial charge is 0.344 e. The molecule has 1 heterocycles. The number of nitrogens with one attached hydrogen (secondary N) is 3. The van der Waals surface area contributed by atoms with Crippen molar-refractivity contribution in [3.63, 3.8) is 0 Å². The van der Waals surface area contributed by atoms with Crippen LogP contribution in [0.5, 0.6) is 0 Å². The Hall–Kier alpha value is -0.770. The molecule has 0 aromatic heterocycles. The molecule has 4 heteroatoms. The van der Waals surface area contributed by atoms with Gasteiger partial charge in [-0.15, -0.1) is 0 Å². The molecule has 1 rings (SSSR count). The Morgan fingerprint density at radius 3 is 2.38 bits per heavy atom. The zero-order valence-corrected chi connectivity index (χ0v) is 4.86. The molecule has 1 saturated heterocycles. The summed E-state index contributed by atoms with van der Waals surface area (Å²) in [6, 6.07) is 0. The number of guanidine groups is 1. The summed E-state index contributed by atoms with van der Waals surface area (Å²) >= 11 is 0. The van der Waals surface area contributed by atoms with Gasteiger partial charge in [-0.3, -0.25) is 10.3 Å². The van der Waals surface area contributed by atoms with E-state index in [0.29, 0.717) is 0 Å². The van der Waals surface area contributed by atoms with Gasteiger partial charge in [-0.25, -0.2) is 0 Å². The Kier molecular flexibility index (Phi) is 1.69. The Morgan fingerprint density at radius 1 is 1.38 bits per heavy atom. The van der Waals surface area contributed by atoms with Crippen LogP contribution in [-0.2, 0) is 0 Å². The summed E-state index contributed by atoms with van der Waals surface area (Å²) in [7, 11) is 1.75. The van der Waals surface area contributed by atoms with E-state index in [1.807, 2.05) is 0 Å². The van der Waals surface area contributed by atoms with Crippen molar-refractivity contribution in [2.75, 3.05) is 20.4 Å². The Morgan fingerprint density at radius 2 is 2.00 bits per heavy atom. The quantitative estimate of drug-likeness (QED) is 0.365. The first-order valence-electron chi connectivity index (χ1n) is 2.59. The first-order valence-corrected chi connectivity index (χ1v) is 2.59. The first-order chi connectivity index (χ1) is 3.93. The smallest absolute Gasteiger partial charge is 0.193 e. The lowest BCUT2D eigenvalue weighted by Gasteiger charge is -2.17. The highest BCUT2D eigenvalue weighted by molar-refractivity contribution is 5.79. The van der Waals surface area contributed by atoms with Crippen LogP contribution >= 0.6 is 0 Å². The molecule has 0 radical (unpaired) electrons. The van der Waals surface area contributed by atoms with Gasteiger partial charge in [0.15, 0.2) is 5.96 Å². The van der Waals surface area contributed by atoms with Gasteiger partial charge in [0, 0.05) is 7.05 Å². The maximum absolute atomic E-state index is 3.90. The molecule has 0 unspecified atom stereocenters. The van der Waals surface area contributed by atoms with Crippen molar-refractivity contribution in [1.82, 2.24) is 16.0 Å². The van der Waals surface area contributed by atoms with Crippen molar-refractivity contribution in [2.45, 2.75) is 0 Å². The van der Waals surface area contributed by atoms with Gasteiger partial charge in [-0.1, -0.05) is 0 Å². The highest BCUT2D eigenvalue weighted by atomic mass is 15.3. The molecule has 0 aliphatic carbocycles. The van der Waals surface area contributed by atoms with Crippen molar-refractivity contribution in [2.24, 2.45) is 4.99 Å². The van der Waals surface area contributed by atoms with E-state index in [2.05, 4.69) is 20.9 Å². The number of nitrogens with zero attached hydrogens (tertiary/aromatic N) is 1. The summed E-state index contributed by atoms with van der Waals surface area (Å²) in [6.07, 6.45) is 0. The summed E-state index contributed by atoms with van der Waals surface area (Å²) in [4.78, 5) is 3.90. The molecule has 0 spiro atoms. The maximum atomic E-state index is 3.90. The lowest BCUT2D eigenvalue weighted by molar-refractivity contribution is 0.584. The van der Waals surface area contributed by atoms with Gasteiger partial charge in [0.1, 0.15) is 0 Å². The predicted octanol–water partition coefficient (Wildman–Crippen LogP) is -1.33. The minimum atomic E-state index is 0.805. The molecule has 0 saturated carbocycles. The van der Waals surface area contributed by atoms with E-state index < -0.39 is 0 Å². The van der Waals surface area contributed by atoms with Gasteiger partial charge in [0.05, 0.1) is 13.3 Å². The maximum Gasteiger partial charge on any atom is 0.193 e. The highest BCUT2D eigenvalue weighted by Gasteiger charge is 1.98. The minimum absolute atomic E-state index is 0.805. The topological polar surface area (TPSA) is 48.5 Å². The number of hydrogen-bond acceptors (Lipinski definition) is 2. The average Bonchev–Trinajstić information content (AvgIpc) is 1.90. The first kappa shape index (κ1) is 5.37. The molecule has 1 fully saturated rings. The second-order valence-corrected chi connectivity index (χ2v) is 1.53. The monoisotopic (exact) mass is 114 g/mol. The second-order valence-electron chi connectivity index (χ2n) is 1.53. The third-order valence-electron chi connectivity index (χ3n) is 0.985. The van der Waals surface area contributed by atoms with Crippen LogP contribution in [0.1, 0.15) is 0 Å². The van der Waals surface area contributed by atoms with Crippen molar-refractivity contribution < 1.29 is 0 Å². The van der Waals surface area contributed by atoms with E-state index in [1.165, 1.54) is 0 Å². The van der Waals surface area contributed by atoms with Crippen molar-refractivity contribution in [3.05, 3.63) is 0 Å². The van der Waals surface area contributed by atoms with Crippen LogP contribution < -0.4 is 16.0 Å². The van der Waals surface area contributed by atoms with Gasteiger partial charge >= 0.3 is 0 Å². The van der Waals surface area contributed by atoms with E-state index in [4.69, 9.17) is 0 Å². The average molecular weight is 114 g/mol. The lowest BCUT2D eigenvalue weighted by atomic mass is 10.7. The van der Waals surface area contributed by atoms with Crippen LogP contribution in [0.4, 0.5) is 0 Å². The molecule has 8 heavy (non-hydrogen) atoms. The third-order valence-corrected chi connectivity index (χ3v) is 0.985. The predicted molar refractivity (Wildman–Crippen MR) is 32.5 cm³/mol. The summed E-state index contributed by atoms with van der Waals surface area (Å²) in [6.45, 7) is 1.61. The summed E-state index contributed by atoms with van der Waals surface area (Å²) in [5.41, 5.74) is 0. The molecule has 1 aliphatic rings. The lowest BCUT2D eigenvalue weighted by Crippen LogP contribution is -2.52. The van der Waals surface area contributed by atoms with Crippen LogP contribution in [0.3, 0.4) is 0 Å². The molecule has 4 nitrogen and oxygen atoms in total. The van der Waals surface area contributed by atoms with Crippen molar-refractivity contribution >= 4 is 5.96 Å². The van der Waals surface area contributed by atoms with Crippen LogP contribution in [0.2, 0.25) is 0 Å². The van der Waals surface area contributed by atoms with E-state index >= 15 is 0 Å². The molecule has 0 aromatic rings. The van der Waals surface area contributed by atoms with Crippen molar-refractivity contribution in [1.29, 1.82) is 0 Å². The summed E-state index contributed by atoms with van der Waals surface area (Å²) < 4.78 is 0. The van der Waals surface area contributed by atoms with E-state index in [-0.39, 0.29) is 0 Å². The van der Waals surface area contributed by atoms with E-state index in [0.717, 1.165) is 19.3 Å².